The van der Waals surface area contributed by atoms with E-state index < -0.39 is 14.9 Å². The fourth-order valence-corrected chi connectivity index (χ4v) is 5.52. The molecule has 1 saturated carbocycles. The first-order valence-corrected chi connectivity index (χ1v) is 8.86. The summed E-state index contributed by atoms with van der Waals surface area (Å²) in [4.78, 5) is 10.1. The summed E-state index contributed by atoms with van der Waals surface area (Å²) in [6.45, 7) is 0.450. The van der Waals surface area contributed by atoms with Crippen molar-refractivity contribution in [1.29, 1.82) is 0 Å². The van der Waals surface area contributed by atoms with Gasteiger partial charge in [-0.05, 0) is 18.8 Å². The van der Waals surface area contributed by atoms with Crippen LogP contribution in [0.2, 0.25) is 4.34 Å². The Morgan fingerprint density at radius 2 is 2.10 bits per heavy atom. The summed E-state index contributed by atoms with van der Waals surface area (Å²) in [5.41, 5.74) is -0.357. The van der Waals surface area contributed by atoms with E-state index in [0.29, 0.717) is 12.5 Å². The molecule has 0 saturated heterocycles. The van der Waals surface area contributed by atoms with Crippen LogP contribution in [0.3, 0.4) is 0 Å². The molecule has 1 aromatic rings. The zero-order chi connectivity index (χ0) is 14.9. The van der Waals surface area contributed by atoms with E-state index in [1.807, 2.05) is 0 Å². The predicted molar refractivity (Wildman–Crippen MR) is 77.8 cm³/mol. The molecule has 0 amide bonds. The van der Waals surface area contributed by atoms with Gasteiger partial charge in [0, 0.05) is 19.7 Å². The van der Waals surface area contributed by atoms with Crippen LogP contribution in [-0.2, 0) is 10.0 Å². The van der Waals surface area contributed by atoms with E-state index in [1.165, 1.54) is 11.4 Å². The Balaban J connectivity index is 2.20. The highest BCUT2D eigenvalue weighted by atomic mass is 35.5. The van der Waals surface area contributed by atoms with Gasteiger partial charge < -0.3 is 0 Å². The van der Waals surface area contributed by atoms with Gasteiger partial charge in [-0.1, -0.05) is 24.4 Å². The van der Waals surface area contributed by atoms with Crippen molar-refractivity contribution in [2.24, 2.45) is 5.92 Å². The van der Waals surface area contributed by atoms with Crippen LogP contribution in [-0.4, -0.2) is 31.2 Å². The van der Waals surface area contributed by atoms with Gasteiger partial charge in [0.25, 0.3) is 15.7 Å². The van der Waals surface area contributed by atoms with Gasteiger partial charge in [0.1, 0.15) is 4.21 Å². The van der Waals surface area contributed by atoms with Crippen LogP contribution in [0.5, 0.6) is 0 Å². The Morgan fingerprint density at radius 1 is 1.50 bits per heavy atom. The quantitative estimate of drug-likeness (QED) is 0.610. The molecule has 0 N–H and O–H groups in total. The van der Waals surface area contributed by atoms with Crippen molar-refractivity contribution in [2.45, 2.75) is 29.9 Å². The van der Waals surface area contributed by atoms with Crippen molar-refractivity contribution in [2.75, 3.05) is 13.6 Å². The van der Waals surface area contributed by atoms with Gasteiger partial charge in [-0.2, -0.15) is 4.31 Å². The molecule has 1 aliphatic carbocycles. The number of thiophene rings is 1. The van der Waals surface area contributed by atoms with Crippen LogP contribution in [0.15, 0.2) is 10.3 Å². The monoisotopic (exact) mass is 338 g/mol. The number of hydrogen-bond acceptors (Lipinski definition) is 5. The number of nitro groups is 1. The molecular weight excluding hydrogens is 324 g/mol. The zero-order valence-corrected chi connectivity index (χ0v) is 13.3. The molecule has 20 heavy (non-hydrogen) atoms. The lowest BCUT2D eigenvalue weighted by Gasteiger charge is -2.19. The van der Waals surface area contributed by atoms with Gasteiger partial charge in [-0.15, -0.1) is 11.3 Å². The van der Waals surface area contributed by atoms with Crippen LogP contribution in [0.25, 0.3) is 0 Å². The SMILES string of the molecule is CN(CC1CCCC1)S(=O)(=O)c1cc([N+](=O)[O-])c(Cl)s1. The van der Waals surface area contributed by atoms with E-state index in [2.05, 4.69) is 0 Å². The van der Waals surface area contributed by atoms with E-state index in [-0.39, 0.29) is 14.2 Å². The van der Waals surface area contributed by atoms with Gasteiger partial charge in [0.2, 0.25) is 0 Å². The number of nitrogens with zero attached hydrogens (tertiary/aromatic N) is 2. The Labute approximate surface area is 126 Å². The Morgan fingerprint density at radius 3 is 2.60 bits per heavy atom. The largest absolute Gasteiger partial charge is 0.300 e. The van der Waals surface area contributed by atoms with Crippen molar-refractivity contribution in [3.05, 3.63) is 20.5 Å². The molecule has 0 aromatic carbocycles. The molecule has 0 bridgehead atoms. The summed E-state index contributed by atoms with van der Waals surface area (Å²) in [7, 11) is -2.19. The first-order chi connectivity index (χ1) is 9.32. The summed E-state index contributed by atoms with van der Waals surface area (Å²) >= 11 is 6.44. The van der Waals surface area contributed by atoms with Crippen molar-refractivity contribution in [3.8, 4) is 0 Å². The molecule has 1 fully saturated rings. The fraction of sp³-hybridized carbons (Fsp3) is 0.636. The van der Waals surface area contributed by atoms with Crippen molar-refractivity contribution in [3.63, 3.8) is 0 Å². The molecule has 0 unspecified atom stereocenters. The maximum atomic E-state index is 12.4. The molecule has 1 aliphatic rings. The number of sulfonamides is 1. The van der Waals surface area contributed by atoms with Crippen LogP contribution in [0.4, 0.5) is 5.69 Å². The molecule has 0 aliphatic heterocycles. The van der Waals surface area contributed by atoms with E-state index in [1.54, 1.807) is 0 Å². The minimum Gasteiger partial charge on any atom is -0.258 e. The molecule has 2 rings (SSSR count). The normalized spacial score (nSPS) is 16.9. The van der Waals surface area contributed by atoms with Gasteiger partial charge in [0.15, 0.2) is 4.34 Å². The highest BCUT2D eigenvalue weighted by Gasteiger charge is 2.30. The maximum absolute atomic E-state index is 12.4. The lowest BCUT2D eigenvalue weighted by atomic mass is 10.1. The summed E-state index contributed by atoms with van der Waals surface area (Å²) in [5.74, 6) is 0.375. The third kappa shape index (κ3) is 3.13. The second-order valence-corrected chi connectivity index (χ2v) is 8.84. The molecular formula is C11H15ClN2O4S2. The van der Waals surface area contributed by atoms with E-state index in [4.69, 9.17) is 11.6 Å². The van der Waals surface area contributed by atoms with Crippen LogP contribution < -0.4 is 0 Å². The predicted octanol–water partition coefficient (Wildman–Crippen LogP) is 3.12. The van der Waals surface area contributed by atoms with Crippen LogP contribution >= 0.6 is 22.9 Å². The summed E-state index contributed by atoms with van der Waals surface area (Å²) in [6, 6.07) is 1.04. The summed E-state index contributed by atoms with van der Waals surface area (Å²) in [6.07, 6.45) is 4.33. The first kappa shape index (κ1) is 15.7. The summed E-state index contributed by atoms with van der Waals surface area (Å²) in [5, 5.41) is 10.7. The third-order valence-electron chi connectivity index (χ3n) is 3.50. The Bertz CT molecular complexity index is 608. The van der Waals surface area contributed by atoms with Crippen molar-refractivity contribution in [1.82, 2.24) is 4.31 Å². The lowest BCUT2D eigenvalue weighted by Crippen LogP contribution is -2.30. The Kier molecular flexibility index (Phi) is 4.68. The second-order valence-electron chi connectivity index (χ2n) is 4.92. The minimum absolute atomic E-state index is 0.0744. The molecule has 1 heterocycles. The standard InChI is InChI=1S/C11H15ClN2O4S2/c1-13(7-8-4-2-3-5-8)20(17,18)10-6-9(14(15)16)11(12)19-10/h6,8H,2-5,7H2,1H3. The van der Waals surface area contributed by atoms with Gasteiger partial charge in [0.05, 0.1) is 4.92 Å². The molecule has 0 radical (unpaired) electrons. The van der Waals surface area contributed by atoms with Gasteiger partial charge in [-0.3, -0.25) is 10.1 Å². The smallest absolute Gasteiger partial charge is 0.258 e. The summed E-state index contributed by atoms with van der Waals surface area (Å²) < 4.78 is 25.8. The Hall–Kier alpha value is -0.700. The van der Waals surface area contributed by atoms with E-state index >= 15 is 0 Å². The maximum Gasteiger partial charge on any atom is 0.300 e. The number of halogens is 1. The molecule has 9 heteroatoms. The molecule has 1 aromatic heterocycles. The molecule has 112 valence electrons. The van der Waals surface area contributed by atoms with Gasteiger partial charge >= 0.3 is 0 Å². The number of hydrogen-bond donors (Lipinski definition) is 0. The van der Waals surface area contributed by atoms with E-state index in [9.17, 15) is 18.5 Å². The third-order valence-corrected chi connectivity index (χ3v) is 7.11. The van der Waals surface area contributed by atoms with Crippen LogP contribution in [0, 0.1) is 16.0 Å². The topological polar surface area (TPSA) is 80.5 Å². The van der Waals surface area contributed by atoms with Gasteiger partial charge in [-0.25, -0.2) is 8.42 Å². The molecule has 0 spiro atoms. The minimum atomic E-state index is -3.70. The van der Waals surface area contributed by atoms with Crippen molar-refractivity contribution >= 4 is 38.6 Å². The van der Waals surface area contributed by atoms with Crippen molar-refractivity contribution < 1.29 is 13.3 Å². The first-order valence-electron chi connectivity index (χ1n) is 6.22. The average Bonchev–Trinajstić information content (AvgIpc) is 2.98. The van der Waals surface area contributed by atoms with Crippen LogP contribution in [0.1, 0.15) is 25.7 Å². The molecule has 0 atom stereocenters. The second kappa shape index (κ2) is 5.97. The zero-order valence-electron chi connectivity index (χ0n) is 10.9. The highest BCUT2D eigenvalue weighted by Crippen LogP contribution is 2.37. The highest BCUT2D eigenvalue weighted by molar-refractivity contribution is 7.91. The number of rotatable bonds is 5. The average molecular weight is 339 g/mol. The fourth-order valence-electron chi connectivity index (χ4n) is 2.40. The lowest BCUT2D eigenvalue weighted by molar-refractivity contribution is -0.384. The molecule has 6 nitrogen and oxygen atoms in total. The van der Waals surface area contributed by atoms with E-state index in [0.717, 1.165) is 43.1 Å².